The number of rotatable bonds is 4. The highest BCUT2D eigenvalue weighted by Crippen LogP contribution is 2.24. The molecule has 3 aromatic heterocycles. The van der Waals surface area contributed by atoms with Crippen molar-refractivity contribution in [2.24, 2.45) is 7.05 Å². The third kappa shape index (κ3) is 3.09. The number of thiazole rings is 1. The molecule has 0 bridgehead atoms. The van der Waals surface area contributed by atoms with E-state index in [1.54, 1.807) is 10.7 Å². The monoisotopic (exact) mass is 364 g/mol. The SMILES string of the molecule is Cc1nn(C)c2ncc(C(=O)OCc3csc(-c4ccccc4)n3)cc12. The van der Waals surface area contributed by atoms with Gasteiger partial charge in [-0.25, -0.2) is 14.8 Å². The Labute approximate surface area is 154 Å². The molecule has 0 saturated carbocycles. The molecular weight excluding hydrogens is 348 g/mol. The van der Waals surface area contributed by atoms with Crippen LogP contribution >= 0.6 is 11.3 Å². The Morgan fingerprint density at radius 2 is 2.08 bits per heavy atom. The fourth-order valence-corrected chi connectivity index (χ4v) is 3.54. The van der Waals surface area contributed by atoms with E-state index < -0.39 is 5.97 Å². The number of benzene rings is 1. The maximum atomic E-state index is 12.3. The molecule has 0 aliphatic carbocycles. The summed E-state index contributed by atoms with van der Waals surface area (Å²) in [4.78, 5) is 21.2. The molecule has 0 unspecified atom stereocenters. The first-order chi connectivity index (χ1) is 12.6. The van der Waals surface area contributed by atoms with Crippen LogP contribution in [0.1, 0.15) is 21.7 Å². The van der Waals surface area contributed by atoms with Gasteiger partial charge in [0.05, 0.1) is 17.0 Å². The number of aromatic nitrogens is 4. The summed E-state index contributed by atoms with van der Waals surface area (Å²) < 4.78 is 7.09. The van der Waals surface area contributed by atoms with Crippen molar-refractivity contribution in [1.29, 1.82) is 0 Å². The van der Waals surface area contributed by atoms with Gasteiger partial charge in [-0.05, 0) is 13.0 Å². The minimum absolute atomic E-state index is 0.131. The zero-order valence-corrected chi connectivity index (χ0v) is 15.2. The normalized spacial score (nSPS) is 11.0. The van der Waals surface area contributed by atoms with E-state index in [2.05, 4.69) is 15.1 Å². The van der Waals surface area contributed by atoms with Gasteiger partial charge in [0.1, 0.15) is 11.6 Å². The van der Waals surface area contributed by atoms with Gasteiger partial charge in [0.15, 0.2) is 5.65 Å². The highest BCUT2D eigenvalue weighted by Gasteiger charge is 2.14. The number of esters is 1. The number of pyridine rings is 1. The predicted octanol–water partition coefficient (Wildman–Crippen LogP) is 3.76. The maximum absolute atomic E-state index is 12.3. The third-order valence-corrected chi connectivity index (χ3v) is 4.96. The number of fused-ring (bicyclic) bond motifs is 1. The number of hydrogen-bond acceptors (Lipinski definition) is 6. The molecule has 130 valence electrons. The van der Waals surface area contributed by atoms with Crippen molar-refractivity contribution in [2.75, 3.05) is 0 Å². The molecule has 0 N–H and O–H groups in total. The van der Waals surface area contributed by atoms with Gasteiger partial charge in [0.25, 0.3) is 0 Å². The standard InChI is InChI=1S/C19H16N4O2S/c1-12-16-8-14(9-20-17(16)23(2)22-12)19(24)25-10-15-11-26-18(21-15)13-6-4-3-5-7-13/h3-9,11H,10H2,1-2H3. The van der Waals surface area contributed by atoms with Crippen LogP contribution in [-0.2, 0) is 18.4 Å². The van der Waals surface area contributed by atoms with Crippen molar-refractivity contribution in [1.82, 2.24) is 19.7 Å². The molecule has 4 aromatic rings. The van der Waals surface area contributed by atoms with Crippen molar-refractivity contribution in [3.05, 3.63) is 64.9 Å². The van der Waals surface area contributed by atoms with Crippen molar-refractivity contribution < 1.29 is 9.53 Å². The lowest BCUT2D eigenvalue weighted by Gasteiger charge is -2.03. The number of carbonyl (C=O) groups excluding carboxylic acids is 1. The van der Waals surface area contributed by atoms with Gasteiger partial charge >= 0.3 is 5.97 Å². The average molecular weight is 364 g/mol. The highest BCUT2D eigenvalue weighted by atomic mass is 32.1. The van der Waals surface area contributed by atoms with Crippen LogP contribution in [0.5, 0.6) is 0 Å². The van der Waals surface area contributed by atoms with Crippen molar-refractivity contribution in [3.8, 4) is 10.6 Å². The van der Waals surface area contributed by atoms with Crippen LogP contribution < -0.4 is 0 Å². The van der Waals surface area contributed by atoms with Gasteiger partial charge in [-0.3, -0.25) is 4.68 Å². The summed E-state index contributed by atoms with van der Waals surface area (Å²) >= 11 is 1.53. The quantitative estimate of drug-likeness (QED) is 0.516. The molecule has 0 radical (unpaired) electrons. The summed E-state index contributed by atoms with van der Waals surface area (Å²) in [6.45, 7) is 2.02. The lowest BCUT2D eigenvalue weighted by molar-refractivity contribution is 0.0468. The Balaban J connectivity index is 1.47. The molecule has 6 nitrogen and oxygen atoms in total. The molecule has 0 spiro atoms. The summed E-state index contributed by atoms with van der Waals surface area (Å²) in [5.41, 5.74) is 3.76. The number of nitrogens with zero attached hydrogens (tertiary/aromatic N) is 4. The van der Waals surface area contributed by atoms with Gasteiger partial charge in [0.2, 0.25) is 0 Å². The number of hydrogen-bond donors (Lipinski definition) is 0. The largest absolute Gasteiger partial charge is 0.456 e. The summed E-state index contributed by atoms with van der Waals surface area (Å²) in [7, 11) is 1.83. The Bertz CT molecular complexity index is 1090. The van der Waals surface area contributed by atoms with E-state index >= 15 is 0 Å². The minimum atomic E-state index is -0.420. The lowest BCUT2D eigenvalue weighted by atomic mass is 10.2. The van der Waals surface area contributed by atoms with Gasteiger partial charge < -0.3 is 4.74 Å². The molecule has 26 heavy (non-hydrogen) atoms. The summed E-state index contributed by atoms with van der Waals surface area (Å²) in [6.07, 6.45) is 1.52. The second-order valence-electron chi connectivity index (χ2n) is 5.89. The average Bonchev–Trinajstić information content (AvgIpc) is 3.25. The molecule has 0 aliphatic rings. The fraction of sp³-hybridized carbons (Fsp3) is 0.158. The smallest absolute Gasteiger partial charge is 0.340 e. The zero-order chi connectivity index (χ0) is 18.1. The first kappa shape index (κ1) is 16.4. The van der Waals surface area contributed by atoms with E-state index in [-0.39, 0.29) is 6.61 Å². The second-order valence-corrected chi connectivity index (χ2v) is 6.75. The topological polar surface area (TPSA) is 69.9 Å². The molecule has 0 saturated heterocycles. The van der Waals surface area contributed by atoms with E-state index in [4.69, 9.17) is 4.74 Å². The van der Waals surface area contributed by atoms with Crippen LogP contribution in [0.4, 0.5) is 0 Å². The van der Waals surface area contributed by atoms with Gasteiger partial charge in [0, 0.05) is 29.6 Å². The van der Waals surface area contributed by atoms with Crippen molar-refractivity contribution in [2.45, 2.75) is 13.5 Å². The van der Waals surface area contributed by atoms with Crippen LogP contribution in [0.2, 0.25) is 0 Å². The van der Waals surface area contributed by atoms with Crippen molar-refractivity contribution >= 4 is 28.3 Å². The molecule has 0 fully saturated rings. The molecule has 1 aromatic carbocycles. The minimum Gasteiger partial charge on any atom is -0.456 e. The highest BCUT2D eigenvalue weighted by molar-refractivity contribution is 7.13. The number of aryl methyl sites for hydroxylation is 2. The Kier molecular flexibility index (Phi) is 4.22. The van der Waals surface area contributed by atoms with E-state index in [1.165, 1.54) is 17.5 Å². The molecule has 0 amide bonds. The van der Waals surface area contributed by atoms with E-state index in [0.29, 0.717) is 5.56 Å². The maximum Gasteiger partial charge on any atom is 0.340 e. The molecule has 0 aliphatic heterocycles. The predicted molar refractivity (Wildman–Crippen MR) is 99.9 cm³/mol. The van der Waals surface area contributed by atoms with Crippen LogP contribution in [-0.4, -0.2) is 25.7 Å². The first-order valence-electron chi connectivity index (χ1n) is 8.08. The number of carbonyl (C=O) groups is 1. The lowest BCUT2D eigenvalue weighted by Crippen LogP contribution is -2.06. The van der Waals surface area contributed by atoms with E-state index in [1.807, 2.05) is 49.7 Å². The van der Waals surface area contributed by atoms with Crippen LogP contribution in [0.25, 0.3) is 21.6 Å². The summed E-state index contributed by atoms with van der Waals surface area (Å²) in [5, 5.41) is 7.97. The van der Waals surface area contributed by atoms with Gasteiger partial charge in [-0.1, -0.05) is 30.3 Å². The summed E-state index contributed by atoms with van der Waals surface area (Å²) in [5.74, 6) is -0.420. The fourth-order valence-electron chi connectivity index (χ4n) is 2.73. The van der Waals surface area contributed by atoms with E-state index in [9.17, 15) is 4.79 Å². The van der Waals surface area contributed by atoms with Crippen LogP contribution in [0.15, 0.2) is 48.0 Å². The Morgan fingerprint density at radius 1 is 1.27 bits per heavy atom. The number of ether oxygens (including phenoxy) is 1. The first-order valence-corrected chi connectivity index (χ1v) is 8.96. The Morgan fingerprint density at radius 3 is 2.88 bits per heavy atom. The van der Waals surface area contributed by atoms with Crippen molar-refractivity contribution in [3.63, 3.8) is 0 Å². The third-order valence-electron chi connectivity index (χ3n) is 4.02. The molecule has 0 atom stereocenters. The zero-order valence-electron chi connectivity index (χ0n) is 14.3. The summed E-state index contributed by atoms with van der Waals surface area (Å²) in [6, 6.07) is 11.7. The molecule has 7 heteroatoms. The van der Waals surface area contributed by atoms with E-state index in [0.717, 1.165) is 33.0 Å². The van der Waals surface area contributed by atoms with Crippen LogP contribution in [0, 0.1) is 6.92 Å². The van der Waals surface area contributed by atoms with Gasteiger partial charge in [-0.15, -0.1) is 11.3 Å². The van der Waals surface area contributed by atoms with Gasteiger partial charge in [-0.2, -0.15) is 5.10 Å². The Hall–Kier alpha value is -3.06. The molecule has 3 heterocycles. The molecular formula is C19H16N4O2S. The second kappa shape index (κ2) is 6.68. The molecule has 4 rings (SSSR count). The van der Waals surface area contributed by atoms with Crippen LogP contribution in [0.3, 0.4) is 0 Å².